The van der Waals surface area contributed by atoms with Gasteiger partial charge in [0, 0.05) is 13.0 Å². The third-order valence-corrected chi connectivity index (χ3v) is 4.63. The van der Waals surface area contributed by atoms with Gasteiger partial charge in [-0.2, -0.15) is 0 Å². The van der Waals surface area contributed by atoms with Gasteiger partial charge in [-0.05, 0) is 30.7 Å². The zero-order chi connectivity index (χ0) is 18.0. The van der Waals surface area contributed by atoms with Crippen LogP contribution in [0.4, 0.5) is 0 Å². The molecule has 2 aromatic rings. The van der Waals surface area contributed by atoms with E-state index in [1.54, 1.807) is 12.1 Å². The minimum atomic E-state index is -3.46. The van der Waals surface area contributed by atoms with Crippen molar-refractivity contribution in [2.45, 2.75) is 19.4 Å². The van der Waals surface area contributed by atoms with Crippen LogP contribution >= 0.6 is 0 Å². The minimum absolute atomic E-state index is 0.0614. The molecule has 0 bridgehead atoms. The number of carbonyl (C=O) groups is 1. The summed E-state index contributed by atoms with van der Waals surface area (Å²) in [5.74, 6) is 0.917. The van der Waals surface area contributed by atoms with Crippen LogP contribution in [0.15, 0.2) is 53.1 Å². The van der Waals surface area contributed by atoms with E-state index in [0.29, 0.717) is 18.8 Å². The molecule has 0 aliphatic rings. The van der Waals surface area contributed by atoms with E-state index in [2.05, 4.69) is 10.0 Å². The van der Waals surface area contributed by atoms with Gasteiger partial charge in [0.1, 0.15) is 11.5 Å². The lowest BCUT2D eigenvalue weighted by Crippen LogP contribution is -2.34. The zero-order valence-corrected chi connectivity index (χ0v) is 14.6. The van der Waals surface area contributed by atoms with E-state index in [4.69, 9.17) is 9.15 Å². The molecule has 25 heavy (non-hydrogen) atoms. The molecule has 0 aliphatic heterocycles. The molecule has 1 aromatic heterocycles. The van der Waals surface area contributed by atoms with Crippen LogP contribution < -0.4 is 14.8 Å². The molecule has 0 unspecified atom stereocenters. The van der Waals surface area contributed by atoms with Crippen molar-refractivity contribution in [2.24, 2.45) is 0 Å². The SMILES string of the molecule is O=C(CCCOc1ccccc1)NCCS(=O)(=O)NCc1ccco1. The Labute approximate surface area is 147 Å². The van der Waals surface area contributed by atoms with Crippen molar-refractivity contribution in [1.82, 2.24) is 10.0 Å². The van der Waals surface area contributed by atoms with Gasteiger partial charge < -0.3 is 14.5 Å². The van der Waals surface area contributed by atoms with Crippen molar-refractivity contribution in [2.75, 3.05) is 18.9 Å². The van der Waals surface area contributed by atoms with Crippen molar-refractivity contribution in [1.29, 1.82) is 0 Å². The van der Waals surface area contributed by atoms with Crippen LogP contribution in [0.1, 0.15) is 18.6 Å². The molecule has 2 N–H and O–H groups in total. The average molecular weight is 366 g/mol. The number of benzene rings is 1. The van der Waals surface area contributed by atoms with Crippen molar-refractivity contribution >= 4 is 15.9 Å². The second-order valence-electron chi connectivity index (χ2n) is 5.33. The summed E-state index contributed by atoms with van der Waals surface area (Å²) >= 11 is 0. The van der Waals surface area contributed by atoms with Crippen molar-refractivity contribution in [3.05, 3.63) is 54.5 Å². The maximum absolute atomic E-state index is 11.8. The molecule has 136 valence electrons. The third kappa shape index (κ3) is 7.86. The summed E-state index contributed by atoms with van der Waals surface area (Å²) in [4.78, 5) is 11.7. The number of ether oxygens (including phenoxy) is 1. The smallest absolute Gasteiger partial charge is 0.220 e. The van der Waals surface area contributed by atoms with Gasteiger partial charge in [-0.1, -0.05) is 18.2 Å². The van der Waals surface area contributed by atoms with Crippen LogP contribution in [0, 0.1) is 0 Å². The number of hydrogen-bond acceptors (Lipinski definition) is 5. The summed E-state index contributed by atoms with van der Waals surface area (Å²) in [6.07, 6.45) is 2.32. The highest BCUT2D eigenvalue weighted by atomic mass is 32.2. The van der Waals surface area contributed by atoms with Gasteiger partial charge in [0.2, 0.25) is 15.9 Å². The summed E-state index contributed by atoms with van der Waals surface area (Å²) in [5, 5.41) is 2.59. The first-order chi connectivity index (χ1) is 12.1. The van der Waals surface area contributed by atoms with Gasteiger partial charge in [0.05, 0.1) is 25.2 Å². The van der Waals surface area contributed by atoms with Gasteiger partial charge in [-0.25, -0.2) is 13.1 Å². The Hall–Kier alpha value is -2.32. The maximum atomic E-state index is 11.8. The van der Waals surface area contributed by atoms with Crippen LogP contribution in [0.3, 0.4) is 0 Å². The second-order valence-corrected chi connectivity index (χ2v) is 7.26. The molecule has 7 nitrogen and oxygen atoms in total. The molecule has 8 heteroatoms. The Kier molecular flexibility index (Phi) is 7.49. The van der Waals surface area contributed by atoms with Gasteiger partial charge in [-0.3, -0.25) is 4.79 Å². The normalized spacial score (nSPS) is 11.2. The number of rotatable bonds is 11. The first-order valence-electron chi connectivity index (χ1n) is 7.99. The Bertz CT molecular complexity index is 730. The highest BCUT2D eigenvalue weighted by Gasteiger charge is 2.11. The third-order valence-electron chi connectivity index (χ3n) is 3.30. The molecule has 0 fully saturated rings. The lowest BCUT2D eigenvalue weighted by Gasteiger charge is -2.08. The molecule has 0 saturated heterocycles. The van der Waals surface area contributed by atoms with Crippen LogP contribution in [0.2, 0.25) is 0 Å². The van der Waals surface area contributed by atoms with E-state index in [1.165, 1.54) is 6.26 Å². The van der Waals surface area contributed by atoms with Crippen LogP contribution in [-0.2, 0) is 21.4 Å². The highest BCUT2D eigenvalue weighted by Crippen LogP contribution is 2.08. The van der Waals surface area contributed by atoms with E-state index < -0.39 is 10.0 Å². The molecule has 0 radical (unpaired) electrons. The molecule has 0 saturated carbocycles. The Balaban J connectivity index is 1.55. The van der Waals surface area contributed by atoms with Crippen LogP contribution in [-0.4, -0.2) is 33.2 Å². The summed E-state index contributed by atoms with van der Waals surface area (Å²) in [6, 6.07) is 12.7. The Morgan fingerprint density at radius 2 is 1.92 bits per heavy atom. The second kappa shape index (κ2) is 9.85. The minimum Gasteiger partial charge on any atom is -0.494 e. The molecule has 1 amide bonds. The van der Waals surface area contributed by atoms with Gasteiger partial charge in [0.15, 0.2) is 0 Å². The maximum Gasteiger partial charge on any atom is 0.220 e. The average Bonchev–Trinajstić information content (AvgIpc) is 3.11. The number of carbonyl (C=O) groups excluding carboxylic acids is 1. The van der Waals surface area contributed by atoms with Gasteiger partial charge in [0.25, 0.3) is 0 Å². The van der Waals surface area contributed by atoms with E-state index >= 15 is 0 Å². The number of nitrogens with one attached hydrogen (secondary N) is 2. The fourth-order valence-electron chi connectivity index (χ4n) is 2.02. The lowest BCUT2D eigenvalue weighted by molar-refractivity contribution is -0.121. The molecule has 0 spiro atoms. The molecule has 0 aliphatic carbocycles. The molecule has 2 rings (SSSR count). The lowest BCUT2D eigenvalue weighted by atomic mass is 10.3. The Morgan fingerprint density at radius 3 is 2.64 bits per heavy atom. The zero-order valence-electron chi connectivity index (χ0n) is 13.8. The Morgan fingerprint density at radius 1 is 1.12 bits per heavy atom. The van der Waals surface area contributed by atoms with Crippen LogP contribution in [0.5, 0.6) is 5.75 Å². The monoisotopic (exact) mass is 366 g/mol. The van der Waals surface area contributed by atoms with E-state index in [0.717, 1.165) is 5.75 Å². The molecule has 1 heterocycles. The fourth-order valence-corrected chi connectivity index (χ4v) is 2.90. The van der Waals surface area contributed by atoms with Gasteiger partial charge >= 0.3 is 0 Å². The predicted molar refractivity (Wildman–Crippen MR) is 93.5 cm³/mol. The molecule has 0 atom stereocenters. The summed E-state index contributed by atoms with van der Waals surface area (Å²) < 4.78 is 36.6. The van der Waals surface area contributed by atoms with Crippen molar-refractivity contribution in [3.8, 4) is 5.75 Å². The first-order valence-corrected chi connectivity index (χ1v) is 9.65. The number of hydrogen-bond donors (Lipinski definition) is 2. The number of furan rings is 1. The fraction of sp³-hybridized carbons (Fsp3) is 0.353. The van der Waals surface area contributed by atoms with E-state index in [1.807, 2.05) is 30.3 Å². The standard InChI is InChI=1S/C17H22N2O5S/c20-17(9-5-12-23-15-6-2-1-3-7-15)18-10-13-25(21,22)19-14-16-8-4-11-24-16/h1-4,6-8,11,19H,5,9-10,12-14H2,(H,18,20). The molecule has 1 aromatic carbocycles. The van der Waals surface area contributed by atoms with E-state index in [-0.39, 0.29) is 31.2 Å². The first kappa shape index (κ1) is 19.0. The predicted octanol–water partition coefficient (Wildman–Crippen LogP) is 1.67. The quantitative estimate of drug-likeness (QED) is 0.590. The largest absolute Gasteiger partial charge is 0.494 e. The number of para-hydroxylation sites is 1. The van der Waals surface area contributed by atoms with Crippen LogP contribution in [0.25, 0.3) is 0 Å². The van der Waals surface area contributed by atoms with Crippen molar-refractivity contribution < 1.29 is 22.4 Å². The highest BCUT2D eigenvalue weighted by molar-refractivity contribution is 7.89. The summed E-state index contributed by atoms with van der Waals surface area (Å²) in [7, 11) is -3.46. The number of amides is 1. The van der Waals surface area contributed by atoms with Crippen molar-refractivity contribution in [3.63, 3.8) is 0 Å². The topological polar surface area (TPSA) is 97.6 Å². The number of sulfonamides is 1. The summed E-state index contributed by atoms with van der Waals surface area (Å²) in [6.45, 7) is 0.590. The molecular formula is C17H22N2O5S. The molecular weight excluding hydrogens is 344 g/mol. The van der Waals surface area contributed by atoms with E-state index in [9.17, 15) is 13.2 Å². The summed E-state index contributed by atoms with van der Waals surface area (Å²) in [5.41, 5.74) is 0. The van der Waals surface area contributed by atoms with Gasteiger partial charge in [-0.15, -0.1) is 0 Å².